The van der Waals surface area contributed by atoms with Gasteiger partial charge in [-0.15, -0.1) is 20.4 Å². The smallest absolute Gasteiger partial charge is 0.170 e. The Kier molecular flexibility index (Phi) is 9.34. The molecule has 5 aliphatic rings. The zero-order valence-electron chi connectivity index (χ0n) is 22.4. The first-order valence-corrected chi connectivity index (χ1v) is 13.9. The van der Waals surface area contributed by atoms with Crippen LogP contribution in [0.25, 0.3) is 0 Å². The fraction of sp³-hybridized carbons (Fsp3) is 0.786. The Hall–Kier alpha value is -2.06. The summed E-state index contributed by atoms with van der Waals surface area (Å²) < 4.78 is 0. The van der Waals surface area contributed by atoms with Crippen molar-refractivity contribution in [2.24, 2.45) is 57.5 Å². The molecule has 3 saturated carbocycles. The van der Waals surface area contributed by atoms with Gasteiger partial charge in [-0.05, 0) is 115 Å². The van der Waals surface area contributed by atoms with Gasteiger partial charge in [-0.25, -0.2) is 0 Å². The van der Waals surface area contributed by atoms with Gasteiger partial charge in [-0.2, -0.15) is 10.2 Å². The number of rotatable bonds is 2. The third-order valence-corrected chi connectivity index (χ3v) is 9.16. The van der Waals surface area contributed by atoms with Crippen molar-refractivity contribution < 1.29 is 10.2 Å². The molecule has 3 fully saturated rings. The predicted molar refractivity (Wildman–Crippen MR) is 141 cm³/mol. The van der Waals surface area contributed by atoms with Gasteiger partial charge < -0.3 is 10.2 Å². The summed E-state index contributed by atoms with van der Waals surface area (Å²) in [5.41, 5.74) is 2.44. The van der Waals surface area contributed by atoms with Gasteiger partial charge in [0.1, 0.15) is 0 Å². The Labute approximate surface area is 215 Å². The van der Waals surface area contributed by atoms with Crippen LogP contribution in [0.4, 0.5) is 0 Å². The van der Waals surface area contributed by atoms with Crippen molar-refractivity contribution in [2.75, 3.05) is 13.2 Å². The van der Waals surface area contributed by atoms with E-state index in [9.17, 15) is 5.11 Å². The largest absolute Gasteiger partial charge is 0.396 e. The summed E-state index contributed by atoms with van der Waals surface area (Å²) in [6.07, 6.45) is 14.7. The molecule has 2 unspecified atom stereocenters. The molecular weight excluding hydrogens is 452 g/mol. The summed E-state index contributed by atoms with van der Waals surface area (Å²) in [6, 6.07) is 0. The molecule has 0 saturated heterocycles. The average Bonchev–Trinajstić information content (AvgIpc) is 3.72. The highest BCUT2D eigenvalue weighted by Gasteiger charge is 2.50. The first kappa shape index (κ1) is 27.0. The lowest BCUT2D eigenvalue weighted by molar-refractivity contribution is 0.261. The van der Waals surface area contributed by atoms with Crippen LogP contribution in [-0.2, 0) is 0 Å². The van der Waals surface area contributed by atoms with Gasteiger partial charge in [0.2, 0.25) is 0 Å². The molecule has 8 heteroatoms. The van der Waals surface area contributed by atoms with E-state index in [1.54, 1.807) is 13.8 Å². The highest BCUT2D eigenvalue weighted by molar-refractivity contribution is 5.96. The Bertz CT molecular complexity index is 875. The van der Waals surface area contributed by atoms with Crippen LogP contribution in [0.5, 0.6) is 0 Å². The number of aliphatic hydroxyl groups excluding tert-OH is 2. The van der Waals surface area contributed by atoms with E-state index in [1.807, 2.05) is 0 Å². The lowest BCUT2D eigenvalue weighted by atomic mass is 9.76. The maximum absolute atomic E-state index is 9.34. The Balaban J connectivity index is 0.000000138. The second kappa shape index (κ2) is 12.5. The van der Waals surface area contributed by atoms with E-state index in [2.05, 4.69) is 56.6 Å². The monoisotopic (exact) mass is 496 g/mol. The Morgan fingerprint density at radius 1 is 0.583 bits per heavy atom. The summed E-state index contributed by atoms with van der Waals surface area (Å²) in [5, 5.41) is 41.6. The summed E-state index contributed by atoms with van der Waals surface area (Å²) in [7, 11) is 0. The number of aromatic nitrogens is 4. The van der Waals surface area contributed by atoms with Crippen molar-refractivity contribution in [1.82, 2.24) is 20.4 Å². The molecule has 1 aliphatic heterocycles. The van der Waals surface area contributed by atoms with E-state index < -0.39 is 0 Å². The average molecular weight is 497 g/mol. The Morgan fingerprint density at radius 3 is 1.31 bits per heavy atom. The molecular formula is C28H44N6O2. The second-order valence-corrected chi connectivity index (χ2v) is 11.3. The maximum atomic E-state index is 9.34. The number of fused-ring (bicyclic) bond motifs is 3. The highest BCUT2D eigenvalue weighted by atomic mass is 16.3. The second-order valence-electron chi connectivity index (χ2n) is 11.3. The van der Waals surface area contributed by atoms with Gasteiger partial charge in [0.25, 0.3) is 0 Å². The normalized spacial score (nSPS) is 37.1. The van der Waals surface area contributed by atoms with Gasteiger partial charge in [0.05, 0.1) is 0 Å². The number of aryl methyl sites for hydroxylation is 2. The van der Waals surface area contributed by atoms with Crippen molar-refractivity contribution in [1.29, 1.82) is 0 Å². The van der Waals surface area contributed by atoms with E-state index in [1.165, 1.54) is 62.8 Å². The van der Waals surface area contributed by atoms with Gasteiger partial charge in [0.15, 0.2) is 11.6 Å². The standard InChI is InChI=1S/C14H22N2O.C10H16O.C4H6N4/c1-8-10-3-5-12-13(14(12)7-17)6-4-11(10)9(2)16-15-8;11-7-10-8-5-3-1-2-4-6-9(8)10;1-3-5-7-4(2)8-6-3/h10-14,17H,3-7H2,1-2H3;1-2,8-11H,3-7H2;1-2H3/b;2-1+;/t10-,11-,12-,13+,14?;8-,9+,10?;/m1../s1. The molecule has 0 bridgehead atoms. The molecule has 0 spiro atoms. The van der Waals surface area contributed by atoms with Crippen LogP contribution in [0.3, 0.4) is 0 Å². The molecule has 2 heterocycles. The van der Waals surface area contributed by atoms with E-state index in [0.717, 1.165) is 23.7 Å². The SMILES string of the molecule is CC1=NN=C(C)[C@H]2CC[C@H]3C(CO)[C@H]3CC[C@H]12.Cc1nnc(C)nn1.OCC1[C@H]2CC/C=C/CC[C@@H]12. The van der Waals surface area contributed by atoms with Gasteiger partial charge in [-0.3, -0.25) is 0 Å². The molecule has 4 aliphatic carbocycles. The number of hydrogen-bond acceptors (Lipinski definition) is 8. The van der Waals surface area contributed by atoms with Crippen molar-refractivity contribution in [3.05, 3.63) is 23.8 Å². The van der Waals surface area contributed by atoms with Gasteiger partial charge in [-0.1, -0.05) is 12.2 Å². The predicted octanol–water partition coefficient (Wildman–Crippen LogP) is 4.35. The van der Waals surface area contributed by atoms with E-state index in [4.69, 9.17) is 5.11 Å². The molecule has 1 aromatic heterocycles. The third kappa shape index (κ3) is 6.62. The number of hydrogen-bond donors (Lipinski definition) is 2. The molecule has 6 rings (SSSR count). The molecule has 8 atom stereocenters. The van der Waals surface area contributed by atoms with Crippen LogP contribution in [0.15, 0.2) is 22.4 Å². The summed E-state index contributed by atoms with van der Waals surface area (Å²) in [4.78, 5) is 0. The van der Waals surface area contributed by atoms with E-state index >= 15 is 0 Å². The lowest BCUT2D eigenvalue weighted by Gasteiger charge is -2.30. The van der Waals surface area contributed by atoms with Crippen LogP contribution < -0.4 is 0 Å². The van der Waals surface area contributed by atoms with E-state index in [0.29, 0.717) is 48.5 Å². The minimum absolute atomic E-state index is 0.394. The maximum Gasteiger partial charge on any atom is 0.170 e. The first-order chi connectivity index (χ1) is 17.4. The van der Waals surface area contributed by atoms with Crippen molar-refractivity contribution >= 4 is 11.4 Å². The number of aliphatic hydroxyl groups is 2. The van der Waals surface area contributed by atoms with Crippen LogP contribution >= 0.6 is 0 Å². The summed E-state index contributed by atoms with van der Waals surface area (Å²) in [5.74, 6) is 7.04. The zero-order valence-corrected chi connectivity index (χ0v) is 22.4. The lowest BCUT2D eigenvalue weighted by Crippen LogP contribution is -2.31. The highest BCUT2D eigenvalue weighted by Crippen LogP contribution is 2.55. The Morgan fingerprint density at radius 2 is 0.944 bits per heavy atom. The molecule has 198 valence electrons. The quantitative estimate of drug-likeness (QED) is 0.588. The topological polar surface area (TPSA) is 117 Å². The van der Waals surface area contributed by atoms with Crippen molar-refractivity contribution in [3.63, 3.8) is 0 Å². The molecule has 0 aromatic carbocycles. The van der Waals surface area contributed by atoms with Crippen molar-refractivity contribution in [3.8, 4) is 0 Å². The molecule has 8 nitrogen and oxygen atoms in total. The minimum atomic E-state index is 0.394. The molecule has 2 N–H and O–H groups in total. The van der Waals surface area contributed by atoms with Crippen LogP contribution in [0.2, 0.25) is 0 Å². The van der Waals surface area contributed by atoms with Crippen LogP contribution in [0.1, 0.15) is 76.9 Å². The van der Waals surface area contributed by atoms with Crippen LogP contribution in [0, 0.1) is 61.2 Å². The zero-order chi connectivity index (χ0) is 25.7. The minimum Gasteiger partial charge on any atom is -0.396 e. The number of allylic oxidation sites excluding steroid dienone is 2. The molecule has 1 aromatic rings. The van der Waals surface area contributed by atoms with Gasteiger partial charge >= 0.3 is 0 Å². The molecule has 0 amide bonds. The third-order valence-electron chi connectivity index (χ3n) is 9.16. The fourth-order valence-electron chi connectivity index (χ4n) is 6.90. The summed E-state index contributed by atoms with van der Waals surface area (Å²) >= 11 is 0. The first-order valence-electron chi connectivity index (χ1n) is 13.9. The summed E-state index contributed by atoms with van der Waals surface area (Å²) in [6.45, 7) is 8.57. The molecule has 0 radical (unpaired) electrons. The van der Waals surface area contributed by atoms with Gasteiger partial charge in [0, 0.05) is 36.5 Å². The molecule has 36 heavy (non-hydrogen) atoms. The van der Waals surface area contributed by atoms with Crippen LogP contribution in [-0.4, -0.2) is 55.2 Å². The van der Waals surface area contributed by atoms with Crippen molar-refractivity contribution in [2.45, 2.75) is 79.1 Å². The van der Waals surface area contributed by atoms with E-state index in [-0.39, 0.29) is 0 Å². The number of nitrogens with zero attached hydrogens (tertiary/aromatic N) is 6. The fourth-order valence-corrected chi connectivity index (χ4v) is 6.90.